The Bertz CT molecular complexity index is 1370. The monoisotopic (exact) mass is 383 g/mol. The van der Waals surface area contributed by atoms with E-state index in [-0.39, 0.29) is 11.4 Å². The SMILES string of the molecule is O=c1c2ccccc2c(-c2nc(-c3ccccc3)no2)cn1-c1ccc(F)cc1. The number of benzene rings is 3. The largest absolute Gasteiger partial charge is 0.334 e. The molecular weight excluding hydrogens is 369 g/mol. The second-order valence-electron chi connectivity index (χ2n) is 6.53. The molecule has 0 saturated carbocycles. The standard InChI is InChI=1S/C23H14FN3O2/c24-16-10-12-17(13-11-16)27-14-20(18-8-4-5-9-19(18)23(27)28)22-25-21(26-29-22)15-6-2-1-3-7-15/h1-14H. The average molecular weight is 383 g/mol. The molecule has 0 aliphatic heterocycles. The summed E-state index contributed by atoms with van der Waals surface area (Å²) in [7, 11) is 0. The predicted octanol–water partition coefficient (Wildman–Crippen LogP) is 4.85. The van der Waals surface area contributed by atoms with E-state index >= 15 is 0 Å². The average Bonchev–Trinajstić information content (AvgIpc) is 3.26. The number of nitrogens with zero attached hydrogens (tertiary/aromatic N) is 3. The number of fused-ring (bicyclic) bond motifs is 1. The van der Waals surface area contributed by atoms with Gasteiger partial charge in [0.25, 0.3) is 11.4 Å². The van der Waals surface area contributed by atoms with Gasteiger partial charge in [0.1, 0.15) is 5.82 Å². The van der Waals surface area contributed by atoms with Gasteiger partial charge in [0.15, 0.2) is 0 Å². The summed E-state index contributed by atoms with van der Waals surface area (Å²) in [6.07, 6.45) is 1.65. The van der Waals surface area contributed by atoms with Gasteiger partial charge >= 0.3 is 0 Å². The van der Waals surface area contributed by atoms with E-state index in [4.69, 9.17) is 4.52 Å². The van der Waals surface area contributed by atoms with Gasteiger partial charge in [-0.3, -0.25) is 9.36 Å². The molecule has 6 heteroatoms. The van der Waals surface area contributed by atoms with Crippen molar-refractivity contribution in [1.82, 2.24) is 14.7 Å². The summed E-state index contributed by atoms with van der Waals surface area (Å²) in [5, 5.41) is 5.30. The van der Waals surface area contributed by atoms with E-state index in [9.17, 15) is 9.18 Å². The van der Waals surface area contributed by atoms with E-state index in [1.165, 1.54) is 16.7 Å². The van der Waals surface area contributed by atoms with Crippen LogP contribution in [-0.4, -0.2) is 14.7 Å². The van der Waals surface area contributed by atoms with Gasteiger partial charge in [-0.05, 0) is 30.3 Å². The van der Waals surface area contributed by atoms with Crippen LogP contribution in [0.4, 0.5) is 4.39 Å². The van der Waals surface area contributed by atoms with Crippen LogP contribution in [-0.2, 0) is 0 Å². The Kier molecular flexibility index (Phi) is 4.02. The van der Waals surface area contributed by atoms with Crippen molar-refractivity contribution in [2.24, 2.45) is 0 Å². The smallest absolute Gasteiger partial charge is 0.262 e. The molecule has 0 bridgehead atoms. The Balaban J connectivity index is 1.74. The minimum absolute atomic E-state index is 0.209. The van der Waals surface area contributed by atoms with E-state index in [0.717, 1.165) is 5.56 Å². The van der Waals surface area contributed by atoms with Gasteiger partial charge < -0.3 is 4.52 Å². The van der Waals surface area contributed by atoms with Gasteiger partial charge in [-0.2, -0.15) is 4.98 Å². The minimum Gasteiger partial charge on any atom is -0.334 e. The molecule has 0 saturated heterocycles. The summed E-state index contributed by atoms with van der Waals surface area (Å²) in [6, 6.07) is 22.5. The second kappa shape index (κ2) is 6.83. The first kappa shape index (κ1) is 17.1. The molecule has 2 aromatic heterocycles. The van der Waals surface area contributed by atoms with E-state index in [1.807, 2.05) is 42.5 Å². The molecule has 0 unspecified atom stereocenters. The molecule has 140 valence electrons. The van der Waals surface area contributed by atoms with Crippen molar-refractivity contribution < 1.29 is 8.91 Å². The lowest BCUT2D eigenvalue weighted by molar-refractivity contribution is 0.432. The quantitative estimate of drug-likeness (QED) is 0.447. The van der Waals surface area contributed by atoms with Crippen LogP contribution in [0.25, 0.3) is 39.3 Å². The Labute approximate surface area is 164 Å². The fourth-order valence-electron chi connectivity index (χ4n) is 3.29. The molecule has 29 heavy (non-hydrogen) atoms. The molecule has 5 aromatic rings. The van der Waals surface area contributed by atoms with E-state index in [0.29, 0.717) is 33.7 Å². The normalized spacial score (nSPS) is 11.1. The molecule has 0 aliphatic rings. The molecule has 3 aromatic carbocycles. The molecule has 2 heterocycles. The molecule has 0 fully saturated rings. The maximum atomic E-state index is 13.3. The second-order valence-corrected chi connectivity index (χ2v) is 6.53. The summed E-state index contributed by atoms with van der Waals surface area (Å²) in [5.74, 6) is 0.396. The topological polar surface area (TPSA) is 60.9 Å². The summed E-state index contributed by atoms with van der Waals surface area (Å²) in [6.45, 7) is 0. The fourth-order valence-corrected chi connectivity index (χ4v) is 3.29. The molecule has 0 atom stereocenters. The first-order valence-electron chi connectivity index (χ1n) is 9.00. The number of pyridine rings is 1. The van der Waals surface area contributed by atoms with E-state index in [2.05, 4.69) is 10.1 Å². The van der Waals surface area contributed by atoms with Crippen LogP contribution < -0.4 is 5.56 Å². The zero-order valence-corrected chi connectivity index (χ0v) is 15.1. The van der Waals surface area contributed by atoms with Crippen LogP contribution in [0.15, 0.2) is 94.4 Å². The zero-order chi connectivity index (χ0) is 19.8. The zero-order valence-electron chi connectivity index (χ0n) is 15.1. The van der Waals surface area contributed by atoms with Gasteiger partial charge in [0, 0.05) is 28.2 Å². The Morgan fingerprint density at radius 2 is 1.52 bits per heavy atom. The van der Waals surface area contributed by atoms with Gasteiger partial charge in [-0.25, -0.2) is 4.39 Å². The summed E-state index contributed by atoms with van der Waals surface area (Å²) in [4.78, 5) is 17.6. The first-order chi connectivity index (χ1) is 14.2. The first-order valence-corrected chi connectivity index (χ1v) is 9.00. The lowest BCUT2D eigenvalue weighted by atomic mass is 10.1. The van der Waals surface area contributed by atoms with Crippen LogP contribution in [0.3, 0.4) is 0 Å². The summed E-state index contributed by atoms with van der Waals surface area (Å²) in [5.41, 5.74) is 1.79. The lowest BCUT2D eigenvalue weighted by Gasteiger charge is -2.10. The molecule has 0 radical (unpaired) electrons. The van der Waals surface area contributed by atoms with Crippen LogP contribution in [0.2, 0.25) is 0 Å². The number of hydrogen-bond acceptors (Lipinski definition) is 4. The summed E-state index contributed by atoms with van der Waals surface area (Å²) >= 11 is 0. The van der Waals surface area contributed by atoms with Crippen molar-refractivity contribution in [2.75, 3.05) is 0 Å². The lowest BCUT2D eigenvalue weighted by Crippen LogP contribution is -2.18. The number of rotatable bonds is 3. The highest BCUT2D eigenvalue weighted by atomic mass is 19.1. The van der Waals surface area contributed by atoms with Crippen molar-refractivity contribution in [3.8, 4) is 28.5 Å². The van der Waals surface area contributed by atoms with E-state index < -0.39 is 0 Å². The van der Waals surface area contributed by atoms with Gasteiger partial charge in [-0.1, -0.05) is 53.7 Å². The Morgan fingerprint density at radius 3 is 2.28 bits per heavy atom. The molecule has 0 N–H and O–H groups in total. The van der Waals surface area contributed by atoms with Crippen LogP contribution in [0.1, 0.15) is 0 Å². The third kappa shape index (κ3) is 3.00. The Hall–Kier alpha value is -4.06. The maximum absolute atomic E-state index is 13.3. The molecule has 0 aliphatic carbocycles. The minimum atomic E-state index is -0.368. The highest BCUT2D eigenvalue weighted by Gasteiger charge is 2.17. The molecule has 5 rings (SSSR count). The highest BCUT2D eigenvalue weighted by molar-refractivity contribution is 5.94. The fraction of sp³-hybridized carbons (Fsp3) is 0. The number of halogens is 1. The predicted molar refractivity (Wildman–Crippen MR) is 108 cm³/mol. The van der Waals surface area contributed by atoms with Crippen LogP contribution >= 0.6 is 0 Å². The number of hydrogen-bond donors (Lipinski definition) is 0. The van der Waals surface area contributed by atoms with Crippen molar-refractivity contribution in [3.05, 3.63) is 101 Å². The maximum Gasteiger partial charge on any atom is 0.262 e. The van der Waals surface area contributed by atoms with Crippen molar-refractivity contribution in [3.63, 3.8) is 0 Å². The van der Waals surface area contributed by atoms with Gasteiger partial charge in [0.2, 0.25) is 5.82 Å². The van der Waals surface area contributed by atoms with Crippen LogP contribution in [0.5, 0.6) is 0 Å². The third-order valence-electron chi connectivity index (χ3n) is 4.72. The van der Waals surface area contributed by atoms with Crippen molar-refractivity contribution in [1.29, 1.82) is 0 Å². The van der Waals surface area contributed by atoms with E-state index in [1.54, 1.807) is 30.5 Å². The molecule has 0 spiro atoms. The van der Waals surface area contributed by atoms with Gasteiger partial charge in [-0.15, -0.1) is 0 Å². The number of aromatic nitrogens is 3. The molecular formula is C23H14FN3O2. The van der Waals surface area contributed by atoms with Gasteiger partial charge in [0.05, 0.1) is 5.56 Å². The summed E-state index contributed by atoms with van der Waals surface area (Å²) < 4.78 is 20.3. The van der Waals surface area contributed by atoms with Crippen LogP contribution in [0, 0.1) is 5.82 Å². The van der Waals surface area contributed by atoms with Crippen molar-refractivity contribution >= 4 is 10.8 Å². The molecule has 0 amide bonds. The molecule has 5 nitrogen and oxygen atoms in total. The van der Waals surface area contributed by atoms with Crippen molar-refractivity contribution in [2.45, 2.75) is 0 Å². The third-order valence-corrected chi connectivity index (χ3v) is 4.72. The Morgan fingerprint density at radius 1 is 0.828 bits per heavy atom. The highest BCUT2D eigenvalue weighted by Crippen LogP contribution is 2.28.